The fourth-order valence-corrected chi connectivity index (χ4v) is 3.14. The first-order valence-electron chi connectivity index (χ1n) is 9.41. The summed E-state index contributed by atoms with van der Waals surface area (Å²) in [5, 5.41) is 7.20. The normalized spacial score (nSPS) is 16.4. The molecular formula is C20H27ClFN3O3. The third kappa shape index (κ3) is 6.29. The smallest absolute Gasteiger partial charge is 0.241 e. The number of halogens is 2. The van der Waals surface area contributed by atoms with Crippen LogP contribution in [-0.2, 0) is 16.0 Å². The maximum absolute atomic E-state index is 13.3. The average molecular weight is 412 g/mol. The van der Waals surface area contributed by atoms with Crippen molar-refractivity contribution in [1.82, 2.24) is 15.4 Å². The van der Waals surface area contributed by atoms with Crippen LogP contribution in [0.3, 0.4) is 0 Å². The lowest BCUT2D eigenvalue weighted by molar-refractivity contribution is -0.135. The van der Waals surface area contributed by atoms with Crippen molar-refractivity contribution in [3.8, 4) is 11.3 Å². The van der Waals surface area contributed by atoms with E-state index in [1.54, 1.807) is 11.0 Å². The molecule has 1 aliphatic heterocycles. The molecule has 1 aromatic heterocycles. The van der Waals surface area contributed by atoms with Gasteiger partial charge in [0.1, 0.15) is 23.3 Å². The number of carbonyl (C=O) groups excluding carboxylic acids is 1. The van der Waals surface area contributed by atoms with Crippen LogP contribution < -0.4 is 5.32 Å². The molecule has 28 heavy (non-hydrogen) atoms. The fraction of sp³-hybridized carbons (Fsp3) is 0.500. The van der Waals surface area contributed by atoms with Gasteiger partial charge in [-0.2, -0.15) is 0 Å². The Kier molecular flexibility index (Phi) is 8.89. The molecule has 6 nitrogen and oxygen atoms in total. The van der Waals surface area contributed by atoms with Crippen LogP contribution in [0.4, 0.5) is 4.39 Å². The van der Waals surface area contributed by atoms with E-state index in [-0.39, 0.29) is 30.2 Å². The van der Waals surface area contributed by atoms with Crippen molar-refractivity contribution in [3.05, 3.63) is 41.9 Å². The highest BCUT2D eigenvalue weighted by atomic mass is 35.5. The lowest BCUT2D eigenvalue weighted by Gasteiger charge is -2.27. The lowest BCUT2D eigenvalue weighted by atomic mass is 10.1. The highest BCUT2D eigenvalue weighted by Crippen LogP contribution is 2.21. The quantitative estimate of drug-likeness (QED) is 0.676. The Balaban J connectivity index is 0.00000280. The third-order valence-electron chi connectivity index (χ3n) is 4.69. The second-order valence-electron chi connectivity index (χ2n) is 6.84. The van der Waals surface area contributed by atoms with Gasteiger partial charge < -0.3 is 19.5 Å². The number of rotatable bonds is 8. The number of carbonyl (C=O) groups is 1. The van der Waals surface area contributed by atoms with Crippen LogP contribution in [-0.4, -0.2) is 55.4 Å². The van der Waals surface area contributed by atoms with Crippen molar-refractivity contribution < 1.29 is 18.4 Å². The zero-order valence-electron chi connectivity index (χ0n) is 16.0. The van der Waals surface area contributed by atoms with Crippen LogP contribution >= 0.6 is 12.4 Å². The van der Waals surface area contributed by atoms with E-state index < -0.39 is 0 Å². The largest absolute Gasteiger partial charge is 0.378 e. The molecule has 1 unspecified atom stereocenters. The molecule has 1 saturated heterocycles. The second-order valence-corrected chi connectivity index (χ2v) is 6.84. The number of unbranched alkanes of at least 4 members (excludes halogenated alkanes) is 2. The number of morpholine rings is 1. The molecule has 0 aliphatic carbocycles. The van der Waals surface area contributed by atoms with Gasteiger partial charge in [-0.3, -0.25) is 4.79 Å². The number of hydrogen-bond donors (Lipinski definition) is 1. The average Bonchev–Trinajstić information content (AvgIpc) is 3.16. The van der Waals surface area contributed by atoms with Crippen LogP contribution in [0.15, 0.2) is 34.9 Å². The standard InChI is InChI=1S/C20H26FN3O3.ClH/c1-24(20(25)19-14-26-11-9-22-19)10-4-2-3-8-17-13-18(23-27-17)15-6-5-7-16(21)12-15;/h5-7,12-13,19,22H,2-4,8-11,14H2,1H3;1H. The first-order chi connectivity index (χ1) is 13.1. The first kappa shape index (κ1) is 22.3. The zero-order chi connectivity index (χ0) is 19.1. The molecule has 1 amide bonds. The van der Waals surface area contributed by atoms with Crippen LogP contribution in [0.1, 0.15) is 25.0 Å². The monoisotopic (exact) mass is 411 g/mol. The Morgan fingerprint density at radius 2 is 2.18 bits per heavy atom. The van der Waals surface area contributed by atoms with Crippen molar-refractivity contribution in [2.75, 3.05) is 33.4 Å². The summed E-state index contributed by atoms with van der Waals surface area (Å²) in [6, 6.07) is 7.96. The van der Waals surface area contributed by atoms with Crippen LogP contribution in [0.2, 0.25) is 0 Å². The summed E-state index contributed by atoms with van der Waals surface area (Å²) in [5.41, 5.74) is 1.36. The van der Waals surface area contributed by atoms with E-state index in [0.29, 0.717) is 24.5 Å². The summed E-state index contributed by atoms with van der Waals surface area (Å²) < 4.78 is 24.0. The molecular weight excluding hydrogens is 385 g/mol. The SMILES string of the molecule is CN(CCCCCc1cc(-c2cccc(F)c2)no1)C(=O)C1COCCN1.Cl. The number of aryl methyl sites for hydroxylation is 1. The summed E-state index contributed by atoms with van der Waals surface area (Å²) >= 11 is 0. The Morgan fingerprint density at radius 3 is 2.93 bits per heavy atom. The van der Waals surface area contributed by atoms with Gasteiger partial charge in [0.15, 0.2) is 0 Å². The van der Waals surface area contributed by atoms with E-state index in [2.05, 4.69) is 10.5 Å². The number of aromatic nitrogens is 1. The topological polar surface area (TPSA) is 67.6 Å². The van der Waals surface area contributed by atoms with Crippen LogP contribution in [0, 0.1) is 5.82 Å². The lowest BCUT2D eigenvalue weighted by Crippen LogP contribution is -2.51. The molecule has 1 N–H and O–H groups in total. The summed E-state index contributed by atoms with van der Waals surface area (Å²) in [5.74, 6) is 0.595. The molecule has 2 heterocycles. The van der Waals surface area contributed by atoms with Gasteiger partial charge in [-0.1, -0.05) is 23.7 Å². The zero-order valence-corrected chi connectivity index (χ0v) is 16.8. The van der Waals surface area contributed by atoms with Crippen molar-refractivity contribution in [2.45, 2.75) is 31.7 Å². The van der Waals surface area contributed by atoms with E-state index in [0.717, 1.165) is 44.5 Å². The number of amides is 1. The van der Waals surface area contributed by atoms with Gasteiger partial charge in [-0.25, -0.2) is 4.39 Å². The Labute approximate surface area is 170 Å². The first-order valence-corrected chi connectivity index (χ1v) is 9.41. The van der Waals surface area contributed by atoms with Gasteiger partial charge >= 0.3 is 0 Å². The van der Waals surface area contributed by atoms with Gasteiger partial charge in [0.05, 0.1) is 13.2 Å². The number of ether oxygens (including phenoxy) is 1. The predicted octanol–water partition coefficient (Wildman–Crippen LogP) is 3.06. The molecule has 154 valence electrons. The predicted molar refractivity (Wildman–Crippen MR) is 107 cm³/mol. The van der Waals surface area contributed by atoms with Crippen molar-refractivity contribution >= 4 is 18.3 Å². The molecule has 2 aromatic rings. The van der Waals surface area contributed by atoms with Crippen molar-refractivity contribution in [3.63, 3.8) is 0 Å². The summed E-state index contributed by atoms with van der Waals surface area (Å²) in [6.07, 6.45) is 3.64. The number of hydrogen-bond acceptors (Lipinski definition) is 5. The molecule has 1 fully saturated rings. The van der Waals surface area contributed by atoms with Gasteiger partial charge in [0, 0.05) is 38.2 Å². The molecule has 0 radical (unpaired) electrons. The van der Waals surface area contributed by atoms with E-state index in [9.17, 15) is 9.18 Å². The second kappa shape index (κ2) is 11.1. The maximum atomic E-state index is 13.3. The Hall–Kier alpha value is -1.96. The van der Waals surface area contributed by atoms with E-state index in [1.807, 2.05) is 19.2 Å². The van der Waals surface area contributed by atoms with Crippen molar-refractivity contribution in [2.24, 2.45) is 0 Å². The molecule has 1 aliphatic rings. The number of nitrogens with one attached hydrogen (secondary N) is 1. The highest BCUT2D eigenvalue weighted by molar-refractivity contribution is 5.85. The Morgan fingerprint density at radius 1 is 1.32 bits per heavy atom. The minimum Gasteiger partial charge on any atom is -0.378 e. The van der Waals surface area contributed by atoms with Crippen LogP contribution in [0.5, 0.6) is 0 Å². The van der Waals surface area contributed by atoms with Crippen LogP contribution in [0.25, 0.3) is 11.3 Å². The van der Waals surface area contributed by atoms with E-state index in [1.165, 1.54) is 12.1 Å². The number of likely N-dealkylation sites (N-methyl/N-ethyl adjacent to an activating group) is 1. The van der Waals surface area contributed by atoms with E-state index in [4.69, 9.17) is 9.26 Å². The van der Waals surface area contributed by atoms with Crippen molar-refractivity contribution in [1.29, 1.82) is 0 Å². The molecule has 0 spiro atoms. The third-order valence-corrected chi connectivity index (χ3v) is 4.69. The molecule has 0 bridgehead atoms. The summed E-state index contributed by atoms with van der Waals surface area (Å²) in [4.78, 5) is 14.0. The minimum atomic E-state index is -0.286. The molecule has 8 heteroatoms. The van der Waals surface area contributed by atoms with Gasteiger partial charge in [0.2, 0.25) is 5.91 Å². The highest BCUT2D eigenvalue weighted by Gasteiger charge is 2.23. The van der Waals surface area contributed by atoms with E-state index >= 15 is 0 Å². The fourth-order valence-electron chi connectivity index (χ4n) is 3.14. The van der Waals surface area contributed by atoms with Gasteiger partial charge in [-0.15, -0.1) is 12.4 Å². The van der Waals surface area contributed by atoms with Gasteiger partial charge in [0.25, 0.3) is 0 Å². The summed E-state index contributed by atoms with van der Waals surface area (Å²) in [6.45, 7) is 2.55. The molecule has 1 aromatic carbocycles. The molecule has 0 saturated carbocycles. The Bertz CT molecular complexity index is 750. The van der Waals surface area contributed by atoms with Gasteiger partial charge in [-0.05, 0) is 25.0 Å². The molecule has 1 atom stereocenters. The number of benzene rings is 1. The molecule has 3 rings (SSSR count). The number of nitrogens with zero attached hydrogens (tertiary/aromatic N) is 2. The summed E-state index contributed by atoms with van der Waals surface area (Å²) in [7, 11) is 1.83. The minimum absolute atomic E-state index is 0. The maximum Gasteiger partial charge on any atom is 0.241 e.